The summed E-state index contributed by atoms with van der Waals surface area (Å²) in [6.45, 7) is 3.72. The summed E-state index contributed by atoms with van der Waals surface area (Å²) >= 11 is 0. The Bertz CT molecular complexity index is 388. The number of hydrogen-bond donors (Lipinski definition) is 1. The van der Waals surface area contributed by atoms with Crippen LogP contribution in [0.25, 0.3) is 6.08 Å². The summed E-state index contributed by atoms with van der Waals surface area (Å²) in [7, 11) is 0. The predicted octanol–water partition coefficient (Wildman–Crippen LogP) is 2.88. The van der Waals surface area contributed by atoms with Crippen LogP contribution >= 0.6 is 0 Å². The minimum absolute atomic E-state index is 0.0786. The maximum atomic E-state index is 7.91. The third kappa shape index (κ3) is 1.22. The molecule has 1 aromatic rings. The average molecular weight is 169 g/mol. The van der Waals surface area contributed by atoms with Crippen LogP contribution in [0.4, 0.5) is 0 Å². The summed E-state index contributed by atoms with van der Waals surface area (Å²) in [6.07, 6.45) is 5.87. The Morgan fingerprint density at radius 2 is 2.08 bits per heavy atom. The van der Waals surface area contributed by atoms with E-state index in [1.165, 1.54) is 0 Å². The third-order valence-corrected chi connectivity index (χ3v) is 2.32. The van der Waals surface area contributed by atoms with Gasteiger partial charge in [-0.25, -0.2) is 0 Å². The van der Waals surface area contributed by atoms with Crippen molar-refractivity contribution in [2.24, 2.45) is 5.92 Å². The van der Waals surface area contributed by atoms with E-state index >= 15 is 0 Å². The zero-order valence-corrected chi connectivity index (χ0v) is 7.33. The monoisotopic (exact) mass is 169 g/mol. The van der Waals surface area contributed by atoms with Crippen molar-refractivity contribution in [1.29, 1.82) is 5.41 Å². The number of nitrogens with one attached hydrogen (secondary N) is 1. The average Bonchev–Trinajstić information content (AvgIpc) is 2.19. The predicted molar refractivity (Wildman–Crippen MR) is 56.0 cm³/mol. The van der Waals surface area contributed by atoms with Gasteiger partial charge in [0.05, 0.1) is 0 Å². The van der Waals surface area contributed by atoms with Crippen molar-refractivity contribution < 1.29 is 0 Å². The van der Waals surface area contributed by atoms with E-state index in [4.69, 9.17) is 5.41 Å². The van der Waals surface area contributed by atoms with E-state index in [1.54, 1.807) is 6.08 Å². The second-order valence-corrected chi connectivity index (χ2v) is 3.12. The van der Waals surface area contributed by atoms with E-state index in [0.29, 0.717) is 5.71 Å². The molecule has 0 aliphatic heterocycles. The fraction of sp³-hybridized carbons (Fsp3) is 0.0833. The molecular formula is C12H11N. The highest BCUT2D eigenvalue weighted by Gasteiger charge is 2.16. The first-order chi connectivity index (χ1) is 6.33. The summed E-state index contributed by atoms with van der Waals surface area (Å²) in [5.41, 5.74) is 2.80. The van der Waals surface area contributed by atoms with E-state index in [0.717, 1.165) is 11.1 Å². The summed E-state index contributed by atoms with van der Waals surface area (Å²) in [5.74, 6) is 0.0786. The second kappa shape index (κ2) is 3.02. The Morgan fingerprint density at radius 3 is 2.85 bits per heavy atom. The molecule has 0 saturated heterocycles. The fourth-order valence-electron chi connectivity index (χ4n) is 1.57. The third-order valence-electron chi connectivity index (χ3n) is 2.32. The highest BCUT2D eigenvalue weighted by atomic mass is 14.4. The van der Waals surface area contributed by atoms with Gasteiger partial charge in [0.2, 0.25) is 0 Å². The molecule has 0 heterocycles. The lowest BCUT2D eigenvalue weighted by Crippen LogP contribution is -2.14. The summed E-state index contributed by atoms with van der Waals surface area (Å²) in [5, 5.41) is 7.91. The van der Waals surface area contributed by atoms with Gasteiger partial charge in [-0.15, -0.1) is 6.58 Å². The molecule has 0 spiro atoms. The molecule has 1 nitrogen and oxygen atoms in total. The van der Waals surface area contributed by atoms with Gasteiger partial charge < -0.3 is 5.41 Å². The molecule has 1 N–H and O–H groups in total. The highest BCUT2D eigenvalue weighted by Crippen LogP contribution is 2.22. The van der Waals surface area contributed by atoms with Gasteiger partial charge in [-0.05, 0) is 5.56 Å². The molecule has 13 heavy (non-hydrogen) atoms. The van der Waals surface area contributed by atoms with Crippen LogP contribution in [0.1, 0.15) is 11.1 Å². The molecule has 1 aliphatic carbocycles. The van der Waals surface area contributed by atoms with E-state index in [9.17, 15) is 0 Å². The SMILES string of the molecule is C=CC1C=Cc2ccccc2C1=N. The molecule has 1 aromatic carbocycles. The summed E-state index contributed by atoms with van der Waals surface area (Å²) in [6, 6.07) is 7.97. The van der Waals surface area contributed by atoms with Crippen molar-refractivity contribution in [3.05, 3.63) is 54.1 Å². The zero-order valence-electron chi connectivity index (χ0n) is 7.33. The van der Waals surface area contributed by atoms with Crippen molar-refractivity contribution in [2.45, 2.75) is 0 Å². The van der Waals surface area contributed by atoms with E-state index in [1.807, 2.05) is 30.3 Å². The summed E-state index contributed by atoms with van der Waals surface area (Å²) < 4.78 is 0. The maximum absolute atomic E-state index is 7.91. The number of rotatable bonds is 1. The van der Waals surface area contributed by atoms with Gasteiger partial charge in [-0.3, -0.25) is 0 Å². The first-order valence-corrected chi connectivity index (χ1v) is 4.31. The molecule has 0 bridgehead atoms. The standard InChI is InChI=1S/C12H11N/c1-2-9-7-8-10-5-3-4-6-11(10)12(9)13/h2-9,13H,1H2. The van der Waals surface area contributed by atoms with Crippen LogP contribution in [0.15, 0.2) is 43.0 Å². The largest absolute Gasteiger partial charge is 0.304 e. The highest BCUT2D eigenvalue weighted by molar-refractivity contribution is 6.07. The van der Waals surface area contributed by atoms with Gasteiger partial charge in [0.1, 0.15) is 0 Å². The molecule has 0 radical (unpaired) electrons. The molecule has 1 aliphatic rings. The van der Waals surface area contributed by atoms with Crippen LogP contribution in [-0.2, 0) is 0 Å². The fourth-order valence-corrected chi connectivity index (χ4v) is 1.57. The minimum atomic E-state index is 0.0786. The Kier molecular flexibility index (Phi) is 1.85. The van der Waals surface area contributed by atoms with Gasteiger partial charge in [0, 0.05) is 17.2 Å². The first-order valence-electron chi connectivity index (χ1n) is 4.31. The van der Waals surface area contributed by atoms with Crippen molar-refractivity contribution in [3.63, 3.8) is 0 Å². The van der Waals surface area contributed by atoms with Gasteiger partial charge in [-0.2, -0.15) is 0 Å². The number of fused-ring (bicyclic) bond motifs is 1. The molecule has 1 unspecified atom stereocenters. The van der Waals surface area contributed by atoms with Gasteiger partial charge in [0.25, 0.3) is 0 Å². The number of allylic oxidation sites excluding steroid dienone is 2. The molecule has 1 heteroatoms. The Hall–Kier alpha value is -1.63. The van der Waals surface area contributed by atoms with Crippen LogP contribution in [0.5, 0.6) is 0 Å². The quantitative estimate of drug-likeness (QED) is 0.625. The smallest absolute Gasteiger partial charge is 0.0498 e. The van der Waals surface area contributed by atoms with Gasteiger partial charge in [0.15, 0.2) is 0 Å². The normalized spacial score (nSPS) is 19.7. The van der Waals surface area contributed by atoms with E-state index in [-0.39, 0.29) is 5.92 Å². The van der Waals surface area contributed by atoms with Crippen LogP contribution < -0.4 is 0 Å². The topological polar surface area (TPSA) is 23.9 Å². The van der Waals surface area contributed by atoms with Crippen LogP contribution in [0.2, 0.25) is 0 Å². The molecule has 0 aromatic heterocycles. The van der Waals surface area contributed by atoms with Crippen LogP contribution in [0, 0.1) is 11.3 Å². The molecule has 64 valence electrons. The number of hydrogen-bond acceptors (Lipinski definition) is 1. The Morgan fingerprint density at radius 1 is 1.31 bits per heavy atom. The molecule has 2 rings (SSSR count). The zero-order chi connectivity index (χ0) is 9.26. The molecule has 1 atom stereocenters. The maximum Gasteiger partial charge on any atom is 0.0498 e. The van der Waals surface area contributed by atoms with Crippen molar-refractivity contribution >= 4 is 11.8 Å². The Balaban J connectivity index is 2.54. The van der Waals surface area contributed by atoms with E-state index in [2.05, 4.69) is 12.7 Å². The van der Waals surface area contributed by atoms with Gasteiger partial charge in [-0.1, -0.05) is 42.5 Å². The lowest BCUT2D eigenvalue weighted by Gasteiger charge is -2.17. The van der Waals surface area contributed by atoms with Crippen LogP contribution in [-0.4, -0.2) is 5.71 Å². The lowest BCUT2D eigenvalue weighted by atomic mass is 9.88. The molecule has 0 saturated carbocycles. The minimum Gasteiger partial charge on any atom is -0.304 e. The summed E-state index contributed by atoms with van der Waals surface area (Å²) in [4.78, 5) is 0. The number of benzene rings is 1. The molecular weight excluding hydrogens is 158 g/mol. The van der Waals surface area contributed by atoms with Gasteiger partial charge >= 0.3 is 0 Å². The molecule has 0 amide bonds. The second-order valence-electron chi connectivity index (χ2n) is 3.12. The van der Waals surface area contributed by atoms with Crippen molar-refractivity contribution in [3.8, 4) is 0 Å². The van der Waals surface area contributed by atoms with E-state index < -0.39 is 0 Å². The van der Waals surface area contributed by atoms with Crippen molar-refractivity contribution in [1.82, 2.24) is 0 Å². The van der Waals surface area contributed by atoms with Crippen molar-refractivity contribution in [2.75, 3.05) is 0 Å². The Labute approximate surface area is 77.9 Å². The first kappa shape index (κ1) is 7.99. The molecule has 0 fully saturated rings. The van der Waals surface area contributed by atoms with Crippen LogP contribution in [0.3, 0.4) is 0 Å². The lowest BCUT2D eigenvalue weighted by molar-refractivity contribution is 1.11.